The van der Waals surface area contributed by atoms with Crippen molar-refractivity contribution in [1.82, 2.24) is 19.6 Å². The van der Waals surface area contributed by atoms with Gasteiger partial charge in [-0.25, -0.2) is 4.98 Å². The molecule has 1 radical (unpaired) electrons. The first kappa shape index (κ1) is 28.7. The predicted molar refractivity (Wildman–Crippen MR) is 123 cm³/mol. The van der Waals surface area contributed by atoms with Crippen LogP contribution in [0.4, 0.5) is 11.6 Å². The summed E-state index contributed by atoms with van der Waals surface area (Å²) in [6, 6.07) is 5.28. The zero-order chi connectivity index (χ0) is 22.5. The van der Waals surface area contributed by atoms with E-state index in [0.717, 1.165) is 47.9 Å². The van der Waals surface area contributed by atoms with Crippen LogP contribution in [0.25, 0.3) is 5.65 Å². The van der Waals surface area contributed by atoms with Crippen molar-refractivity contribution in [2.24, 2.45) is 0 Å². The van der Waals surface area contributed by atoms with Crippen molar-refractivity contribution in [3.8, 4) is 0 Å². The molecule has 3 aromatic heterocycles. The fourth-order valence-electron chi connectivity index (χ4n) is 2.76. The summed E-state index contributed by atoms with van der Waals surface area (Å²) in [6.45, 7) is 14.7. The van der Waals surface area contributed by atoms with Crippen LogP contribution in [0.1, 0.15) is 52.2 Å². The van der Waals surface area contributed by atoms with Crippen LogP contribution in [0, 0.1) is 6.92 Å². The number of nitrogens with one attached hydrogen (secondary N) is 1. The van der Waals surface area contributed by atoms with E-state index in [1.165, 1.54) is 6.07 Å². The molecule has 3 aromatic rings. The SMILES string of the molecule is CC.CCCN(CC)c1cc(NCc2ccc(=O)[n-]c2)n2ncc(C)c2n1.CCO.[V]. The molecule has 2 N–H and O–H groups in total. The van der Waals surface area contributed by atoms with Gasteiger partial charge >= 0.3 is 0 Å². The molecule has 0 aliphatic carbocycles. The van der Waals surface area contributed by atoms with E-state index in [2.05, 4.69) is 34.1 Å². The molecular weight excluding hydrogens is 431 g/mol. The molecular formula is C22H35N6O2V-. The van der Waals surface area contributed by atoms with Gasteiger partial charge < -0.3 is 25.1 Å². The van der Waals surface area contributed by atoms with Gasteiger partial charge in [0.25, 0.3) is 0 Å². The topological polar surface area (TPSA) is 96.9 Å². The van der Waals surface area contributed by atoms with E-state index in [-0.39, 0.29) is 30.7 Å². The second-order valence-electron chi connectivity index (χ2n) is 6.32. The van der Waals surface area contributed by atoms with E-state index in [1.54, 1.807) is 19.2 Å². The maximum atomic E-state index is 11.1. The van der Waals surface area contributed by atoms with Crippen LogP contribution in [0.15, 0.2) is 35.4 Å². The molecule has 0 saturated heterocycles. The van der Waals surface area contributed by atoms with Crippen molar-refractivity contribution in [2.75, 3.05) is 29.9 Å². The Morgan fingerprint density at radius 3 is 2.45 bits per heavy atom. The predicted octanol–water partition coefficient (Wildman–Crippen LogP) is 3.23. The first-order chi connectivity index (χ1) is 14.5. The van der Waals surface area contributed by atoms with E-state index >= 15 is 0 Å². The number of nitrogens with zero attached hydrogens (tertiary/aromatic N) is 5. The first-order valence-corrected chi connectivity index (χ1v) is 10.6. The molecule has 31 heavy (non-hydrogen) atoms. The number of anilines is 2. The maximum Gasteiger partial charge on any atom is 0.162 e. The zero-order valence-corrected chi connectivity index (χ0v) is 20.9. The molecule has 0 fully saturated rings. The Balaban J connectivity index is 0.00000138. The van der Waals surface area contributed by atoms with Crippen LogP contribution >= 0.6 is 0 Å². The van der Waals surface area contributed by atoms with E-state index in [1.807, 2.05) is 37.5 Å². The Labute approximate surface area is 197 Å². The number of aliphatic hydroxyl groups is 1. The number of aliphatic hydroxyl groups excluding tert-OH is 1. The second kappa shape index (κ2) is 15.5. The molecule has 8 nitrogen and oxygen atoms in total. The van der Waals surface area contributed by atoms with Crippen molar-refractivity contribution in [1.29, 1.82) is 0 Å². The number of rotatable bonds is 7. The van der Waals surface area contributed by atoms with E-state index in [9.17, 15) is 4.79 Å². The summed E-state index contributed by atoms with van der Waals surface area (Å²) in [5.74, 6) is 1.81. The minimum Gasteiger partial charge on any atom is -0.629 e. The van der Waals surface area contributed by atoms with Crippen molar-refractivity contribution in [2.45, 2.75) is 54.5 Å². The van der Waals surface area contributed by atoms with Crippen molar-refractivity contribution in [3.63, 3.8) is 0 Å². The smallest absolute Gasteiger partial charge is 0.162 e. The summed E-state index contributed by atoms with van der Waals surface area (Å²) >= 11 is 0. The second-order valence-corrected chi connectivity index (χ2v) is 6.32. The average Bonchev–Trinajstić information content (AvgIpc) is 3.14. The quantitative estimate of drug-likeness (QED) is 0.552. The zero-order valence-electron chi connectivity index (χ0n) is 19.5. The molecule has 0 aliphatic rings. The fourth-order valence-corrected chi connectivity index (χ4v) is 2.76. The largest absolute Gasteiger partial charge is 0.629 e. The van der Waals surface area contributed by atoms with Gasteiger partial charge in [0.2, 0.25) is 0 Å². The molecule has 0 spiro atoms. The van der Waals surface area contributed by atoms with E-state index < -0.39 is 0 Å². The summed E-state index contributed by atoms with van der Waals surface area (Å²) in [6.07, 6.45) is 4.48. The minimum atomic E-state index is -0.224. The molecule has 0 amide bonds. The van der Waals surface area contributed by atoms with Gasteiger partial charge in [-0.1, -0.05) is 32.4 Å². The molecule has 0 unspecified atom stereocenters. The Hall–Kier alpha value is -2.29. The fraction of sp³-hybridized carbons (Fsp3) is 0.500. The van der Waals surface area contributed by atoms with Crippen LogP contribution in [0.5, 0.6) is 0 Å². The van der Waals surface area contributed by atoms with Crippen LogP contribution in [-0.2, 0) is 25.1 Å². The summed E-state index contributed by atoms with van der Waals surface area (Å²) in [5, 5.41) is 15.4. The monoisotopic (exact) mass is 466 g/mol. The van der Waals surface area contributed by atoms with Crippen LogP contribution in [0.3, 0.4) is 0 Å². The standard InChI is InChI=1S/C18H24N6O.C2H6O.C2H6.V/c1-4-8-23(5-2)16-9-15(24-18(22-16)13(3)10-21-24)19-11-14-6-7-17(25)20-12-14;1-2-3;1-2;/h6-7,9-10,12H,4-5,8,11H2,1-3H3,(H2,19,20,21,22,25);3H,2H2,1H3;1-2H3;/p-1. The number of hydrogen-bond donors (Lipinski definition) is 2. The Morgan fingerprint density at radius 1 is 1.23 bits per heavy atom. The third-order valence-electron chi connectivity index (χ3n) is 4.11. The van der Waals surface area contributed by atoms with Crippen molar-refractivity contribution in [3.05, 3.63) is 52.1 Å². The number of hydrogen-bond acceptors (Lipinski definition) is 6. The number of fused-ring (bicyclic) bond motifs is 1. The first-order valence-electron chi connectivity index (χ1n) is 10.6. The molecule has 0 bridgehead atoms. The van der Waals surface area contributed by atoms with E-state index in [0.29, 0.717) is 6.54 Å². The normalized spacial score (nSPS) is 9.65. The third-order valence-corrected chi connectivity index (χ3v) is 4.11. The van der Waals surface area contributed by atoms with Crippen LogP contribution in [0.2, 0.25) is 0 Å². The molecule has 0 saturated carbocycles. The van der Waals surface area contributed by atoms with Gasteiger partial charge in [0, 0.05) is 56.4 Å². The molecule has 9 heteroatoms. The summed E-state index contributed by atoms with van der Waals surface area (Å²) in [5.41, 5.74) is 2.60. The molecule has 0 atom stereocenters. The summed E-state index contributed by atoms with van der Waals surface area (Å²) < 4.78 is 1.81. The maximum absolute atomic E-state index is 11.1. The van der Waals surface area contributed by atoms with Gasteiger partial charge in [0.1, 0.15) is 11.6 Å². The van der Waals surface area contributed by atoms with Gasteiger partial charge in [0.15, 0.2) is 5.65 Å². The number of pyridine rings is 1. The molecule has 0 aromatic carbocycles. The molecule has 3 rings (SSSR count). The van der Waals surface area contributed by atoms with Crippen LogP contribution in [-0.4, -0.2) is 39.4 Å². The van der Waals surface area contributed by atoms with Gasteiger partial charge in [0.05, 0.1) is 11.8 Å². The third kappa shape index (κ3) is 8.40. The van der Waals surface area contributed by atoms with Gasteiger partial charge in [-0.05, 0) is 33.3 Å². The minimum absolute atomic E-state index is 0. The van der Waals surface area contributed by atoms with Gasteiger partial charge in [-0.15, -0.1) is 0 Å². The Morgan fingerprint density at radius 2 is 1.90 bits per heavy atom. The van der Waals surface area contributed by atoms with Crippen LogP contribution < -0.4 is 20.8 Å². The average molecular weight is 467 g/mol. The molecule has 0 aliphatic heterocycles. The summed E-state index contributed by atoms with van der Waals surface area (Å²) in [4.78, 5) is 22.0. The summed E-state index contributed by atoms with van der Waals surface area (Å²) in [7, 11) is 0. The van der Waals surface area contributed by atoms with Crippen molar-refractivity contribution >= 4 is 17.3 Å². The van der Waals surface area contributed by atoms with Gasteiger partial charge in [-0.3, -0.25) is 0 Å². The van der Waals surface area contributed by atoms with E-state index in [4.69, 9.17) is 10.1 Å². The molecule has 3 heterocycles. The van der Waals surface area contributed by atoms with Gasteiger partial charge in [-0.2, -0.15) is 15.8 Å². The van der Waals surface area contributed by atoms with Crippen molar-refractivity contribution < 1.29 is 23.7 Å². The Bertz CT molecular complexity index is 921. The number of aryl methyl sites for hydroxylation is 1. The number of aromatic nitrogens is 4. The molecule has 171 valence electrons. The Kier molecular flexibility index (Phi) is 14.4.